The van der Waals surface area contributed by atoms with Gasteiger partial charge in [0, 0.05) is 22.5 Å². The molecule has 4 rings (SSSR count). The quantitative estimate of drug-likeness (QED) is 0.437. The molecule has 0 unspecified atom stereocenters. The molecular formula is C26H28N4O2. The summed E-state index contributed by atoms with van der Waals surface area (Å²) in [4.78, 5) is 21.6. The van der Waals surface area contributed by atoms with Crippen molar-refractivity contribution in [1.82, 2.24) is 14.6 Å². The highest BCUT2D eigenvalue weighted by Crippen LogP contribution is 2.34. The van der Waals surface area contributed by atoms with Gasteiger partial charge in [0.1, 0.15) is 5.75 Å². The van der Waals surface area contributed by atoms with Crippen LogP contribution in [0.4, 0.5) is 0 Å². The summed E-state index contributed by atoms with van der Waals surface area (Å²) in [5.41, 5.74) is 6.30. The van der Waals surface area contributed by atoms with Crippen LogP contribution in [0.2, 0.25) is 0 Å². The molecule has 2 aromatic carbocycles. The molecule has 2 aromatic heterocycles. The molecule has 0 bridgehead atoms. The van der Waals surface area contributed by atoms with Crippen LogP contribution in [0.1, 0.15) is 47.8 Å². The Morgan fingerprint density at radius 1 is 1.12 bits per heavy atom. The van der Waals surface area contributed by atoms with Crippen molar-refractivity contribution in [2.45, 2.75) is 40.5 Å². The molecule has 0 amide bonds. The van der Waals surface area contributed by atoms with Gasteiger partial charge < -0.3 is 9.72 Å². The number of nitrogens with one attached hydrogen (secondary N) is 1. The second-order valence-electron chi connectivity index (χ2n) is 8.41. The number of para-hydroxylation sites is 1. The highest BCUT2D eigenvalue weighted by atomic mass is 16.5. The zero-order valence-corrected chi connectivity index (χ0v) is 19.4. The van der Waals surface area contributed by atoms with E-state index >= 15 is 0 Å². The second kappa shape index (κ2) is 8.46. The molecule has 0 radical (unpaired) electrons. The Hall–Kier alpha value is -3.67. The second-order valence-corrected chi connectivity index (χ2v) is 8.41. The van der Waals surface area contributed by atoms with E-state index in [1.807, 2.05) is 51.1 Å². The fourth-order valence-corrected chi connectivity index (χ4v) is 3.97. The Bertz CT molecular complexity index is 1390. The zero-order chi connectivity index (χ0) is 23.0. The van der Waals surface area contributed by atoms with Crippen LogP contribution in [0.25, 0.3) is 22.3 Å². The topological polar surface area (TPSA) is 72.3 Å². The highest BCUT2D eigenvalue weighted by molar-refractivity contribution is 5.83. The molecule has 6 heteroatoms. The summed E-state index contributed by atoms with van der Waals surface area (Å²) in [6.45, 7) is 10.2. The molecule has 0 fully saturated rings. The van der Waals surface area contributed by atoms with Crippen LogP contribution in [-0.4, -0.2) is 28.0 Å². The number of nitrogens with zero attached hydrogens (tertiary/aromatic N) is 3. The van der Waals surface area contributed by atoms with Gasteiger partial charge >= 0.3 is 0 Å². The van der Waals surface area contributed by atoms with E-state index in [0.29, 0.717) is 16.7 Å². The summed E-state index contributed by atoms with van der Waals surface area (Å²) in [6.07, 6.45) is 1.71. The van der Waals surface area contributed by atoms with Gasteiger partial charge in [-0.15, -0.1) is 0 Å². The zero-order valence-electron chi connectivity index (χ0n) is 19.4. The van der Waals surface area contributed by atoms with Crippen LogP contribution < -0.4 is 10.3 Å². The summed E-state index contributed by atoms with van der Waals surface area (Å²) >= 11 is 0. The lowest BCUT2D eigenvalue weighted by Crippen LogP contribution is -2.20. The van der Waals surface area contributed by atoms with E-state index in [2.05, 4.69) is 30.0 Å². The van der Waals surface area contributed by atoms with Crippen LogP contribution in [0.5, 0.6) is 5.75 Å². The standard InChI is InChI=1S/C26H28N4O2/c1-15(2)21-13-22(16(3)11-24(21)32-6)25-29-23-10-8-7-9-20(23)26(31)30(25)27-14-19-12-17(4)28-18(19)5/h7-15,28H,1-6H3. The fourth-order valence-electron chi connectivity index (χ4n) is 3.97. The Kier molecular flexibility index (Phi) is 5.70. The lowest BCUT2D eigenvalue weighted by atomic mass is 9.96. The number of aromatic nitrogens is 3. The molecule has 2 heterocycles. The number of hydrogen-bond donors (Lipinski definition) is 1. The fraction of sp³-hybridized carbons (Fsp3) is 0.269. The van der Waals surface area contributed by atoms with Gasteiger partial charge in [0.2, 0.25) is 0 Å². The number of methoxy groups -OCH3 is 1. The van der Waals surface area contributed by atoms with Crippen LogP contribution in [0, 0.1) is 20.8 Å². The van der Waals surface area contributed by atoms with E-state index in [4.69, 9.17) is 9.72 Å². The van der Waals surface area contributed by atoms with Gasteiger partial charge in [-0.25, -0.2) is 4.98 Å². The average Bonchev–Trinajstić information content (AvgIpc) is 3.09. The number of fused-ring (bicyclic) bond motifs is 1. The number of rotatable bonds is 5. The maximum Gasteiger partial charge on any atom is 0.282 e. The smallest absolute Gasteiger partial charge is 0.282 e. The van der Waals surface area contributed by atoms with E-state index in [1.54, 1.807) is 19.4 Å². The maximum absolute atomic E-state index is 13.5. The molecule has 0 aliphatic heterocycles. The Morgan fingerprint density at radius 3 is 2.53 bits per heavy atom. The average molecular weight is 429 g/mol. The summed E-state index contributed by atoms with van der Waals surface area (Å²) in [7, 11) is 1.68. The molecule has 0 atom stereocenters. The predicted octanol–water partition coefficient (Wildman–Crippen LogP) is 5.33. The number of hydrogen-bond acceptors (Lipinski definition) is 4. The first-order chi connectivity index (χ1) is 15.3. The van der Waals surface area contributed by atoms with Crippen LogP contribution >= 0.6 is 0 Å². The summed E-state index contributed by atoms with van der Waals surface area (Å²) < 4.78 is 7.01. The van der Waals surface area contributed by atoms with Crippen molar-refractivity contribution in [1.29, 1.82) is 0 Å². The molecule has 0 saturated heterocycles. The lowest BCUT2D eigenvalue weighted by Gasteiger charge is -2.17. The molecule has 6 nitrogen and oxygen atoms in total. The van der Waals surface area contributed by atoms with E-state index in [1.165, 1.54) is 4.68 Å². The van der Waals surface area contributed by atoms with Gasteiger partial charge in [-0.3, -0.25) is 4.79 Å². The van der Waals surface area contributed by atoms with E-state index in [0.717, 1.165) is 39.4 Å². The van der Waals surface area contributed by atoms with Gasteiger partial charge in [0.15, 0.2) is 5.82 Å². The van der Waals surface area contributed by atoms with E-state index in [9.17, 15) is 4.79 Å². The van der Waals surface area contributed by atoms with Crippen molar-refractivity contribution in [2.24, 2.45) is 5.10 Å². The van der Waals surface area contributed by atoms with Gasteiger partial charge in [-0.2, -0.15) is 9.78 Å². The molecule has 1 N–H and O–H groups in total. The predicted molar refractivity (Wildman–Crippen MR) is 130 cm³/mol. The third-order valence-electron chi connectivity index (χ3n) is 5.70. The molecule has 4 aromatic rings. The molecule has 164 valence electrons. The number of aryl methyl sites for hydroxylation is 3. The Labute approximate surface area is 187 Å². The minimum Gasteiger partial charge on any atom is -0.496 e. The van der Waals surface area contributed by atoms with Crippen molar-refractivity contribution in [3.8, 4) is 17.1 Å². The Balaban J connectivity index is 2.01. The van der Waals surface area contributed by atoms with Crippen molar-refractivity contribution in [3.05, 3.63) is 80.9 Å². The summed E-state index contributed by atoms with van der Waals surface area (Å²) in [5, 5.41) is 5.13. The number of H-pyrrole nitrogens is 1. The third-order valence-corrected chi connectivity index (χ3v) is 5.70. The Morgan fingerprint density at radius 2 is 1.88 bits per heavy atom. The van der Waals surface area contributed by atoms with Gasteiger partial charge in [-0.05, 0) is 68.1 Å². The SMILES string of the molecule is COc1cc(C)c(-c2nc3ccccc3c(=O)n2N=Cc2cc(C)[nH]c2C)cc1C(C)C. The largest absolute Gasteiger partial charge is 0.496 e. The first kappa shape index (κ1) is 21.6. The maximum atomic E-state index is 13.5. The molecule has 32 heavy (non-hydrogen) atoms. The lowest BCUT2D eigenvalue weighted by molar-refractivity contribution is 0.407. The molecule has 0 aliphatic rings. The van der Waals surface area contributed by atoms with Crippen molar-refractivity contribution in [2.75, 3.05) is 7.11 Å². The van der Waals surface area contributed by atoms with E-state index < -0.39 is 0 Å². The monoisotopic (exact) mass is 428 g/mol. The molecule has 0 saturated carbocycles. The van der Waals surface area contributed by atoms with Crippen molar-refractivity contribution >= 4 is 17.1 Å². The molecular weight excluding hydrogens is 400 g/mol. The summed E-state index contributed by atoms with van der Waals surface area (Å²) in [6, 6.07) is 13.4. The van der Waals surface area contributed by atoms with Crippen molar-refractivity contribution in [3.63, 3.8) is 0 Å². The van der Waals surface area contributed by atoms with Crippen LogP contribution in [-0.2, 0) is 0 Å². The minimum atomic E-state index is -0.201. The molecule has 0 spiro atoms. The van der Waals surface area contributed by atoms with E-state index in [-0.39, 0.29) is 11.5 Å². The van der Waals surface area contributed by atoms with Crippen molar-refractivity contribution < 1.29 is 4.74 Å². The third kappa shape index (κ3) is 3.84. The summed E-state index contributed by atoms with van der Waals surface area (Å²) in [5.74, 6) is 1.59. The normalized spacial score (nSPS) is 11.7. The molecule has 0 aliphatic carbocycles. The minimum absolute atomic E-state index is 0.201. The number of ether oxygens (including phenoxy) is 1. The van der Waals surface area contributed by atoms with Crippen LogP contribution in [0.3, 0.4) is 0 Å². The van der Waals surface area contributed by atoms with Gasteiger partial charge in [0.25, 0.3) is 5.56 Å². The number of benzene rings is 2. The van der Waals surface area contributed by atoms with Gasteiger partial charge in [0.05, 0.1) is 24.2 Å². The number of aromatic amines is 1. The highest BCUT2D eigenvalue weighted by Gasteiger charge is 2.18. The van der Waals surface area contributed by atoms with Gasteiger partial charge in [-0.1, -0.05) is 26.0 Å². The van der Waals surface area contributed by atoms with Crippen LogP contribution in [0.15, 0.2) is 52.4 Å². The first-order valence-corrected chi connectivity index (χ1v) is 10.7. The first-order valence-electron chi connectivity index (χ1n) is 10.7.